The van der Waals surface area contributed by atoms with E-state index >= 15 is 0 Å². The van der Waals surface area contributed by atoms with Gasteiger partial charge in [-0.05, 0) is 31.5 Å². The standard InChI is InChI=1S/C15H17ClN2O4S/c1-10(2)18-4-3-17-15(18)23(19,20)9-11-7-12(16)14-13(8-11)21-5-6-22-14/h3-4,7-8,10H,5-6,9H2,1-2H3. The van der Waals surface area contributed by atoms with E-state index in [0.29, 0.717) is 35.3 Å². The second-order valence-electron chi connectivity index (χ2n) is 5.57. The Balaban J connectivity index is 1.95. The number of nitrogens with zero attached hydrogens (tertiary/aromatic N) is 2. The van der Waals surface area contributed by atoms with Crippen LogP contribution in [0.25, 0.3) is 0 Å². The van der Waals surface area contributed by atoms with Crippen LogP contribution < -0.4 is 9.47 Å². The molecule has 2 aromatic rings. The van der Waals surface area contributed by atoms with E-state index in [2.05, 4.69) is 4.98 Å². The molecule has 0 spiro atoms. The van der Waals surface area contributed by atoms with E-state index in [9.17, 15) is 8.42 Å². The summed E-state index contributed by atoms with van der Waals surface area (Å²) in [6.45, 7) is 4.65. The lowest BCUT2D eigenvalue weighted by molar-refractivity contribution is 0.171. The van der Waals surface area contributed by atoms with Crippen molar-refractivity contribution in [2.75, 3.05) is 13.2 Å². The fraction of sp³-hybridized carbons (Fsp3) is 0.400. The number of rotatable bonds is 4. The van der Waals surface area contributed by atoms with Crippen molar-refractivity contribution in [1.29, 1.82) is 0 Å². The van der Waals surface area contributed by atoms with Gasteiger partial charge in [-0.2, -0.15) is 0 Å². The molecular formula is C15H17ClN2O4S. The zero-order valence-electron chi connectivity index (χ0n) is 12.8. The third-order valence-electron chi connectivity index (χ3n) is 3.48. The third kappa shape index (κ3) is 3.16. The molecule has 0 saturated heterocycles. The summed E-state index contributed by atoms with van der Waals surface area (Å²) >= 11 is 6.16. The second kappa shape index (κ2) is 6.05. The molecule has 8 heteroatoms. The molecule has 6 nitrogen and oxygen atoms in total. The van der Waals surface area contributed by atoms with Crippen LogP contribution in [0.3, 0.4) is 0 Å². The van der Waals surface area contributed by atoms with Gasteiger partial charge in [-0.3, -0.25) is 0 Å². The largest absolute Gasteiger partial charge is 0.486 e. The molecule has 0 radical (unpaired) electrons. The summed E-state index contributed by atoms with van der Waals surface area (Å²) in [5, 5.41) is 0.401. The molecular weight excluding hydrogens is 340 g/mol. The van der Waals surface area contributed by atoms with Crippen molar-refractivity contribution in [1.82, 2.24) is 9.55 Å². The van der Waals surface area contributed by atoms with Crippen molar-refractivity contribution in [3.05, 3.63) is 35.1 Å². The highest BCUT2D eigenvalue weighted by atomic mass is 35.5. The molecule has 124 valence electrons. The maximum atomic E-state index is 12.7. The van der Waals surface area contributed by atoms with E-state index in [4.69, 9.17) is 21.1 Å². The van der Waals surface area contributed by atoms with E-state index in [1.807, 2.05) is 13.8 Å². The van der Waals surface area contributed by atoms with Gasteiger partial charge in [0.05, 0.1) is 10.8 Å². The summed E-state index contributed by atoms with van der Waals surface area (Å²) in [6.07, 6.45) is 3.15. The number of hydrogen-bond donors (Lipinski definition) is 0. The maximum absolute atomic E-state index is 12.7. The van der Waals surface area contributed by atoms with E-state index in [1.54, 1.807) is 22.9 Å². The Morgan fingerprint density at radius 3 is 2.78 bits per heavy atom. The van der Waals surface area contributed by atoms with Crippen LogP contribution >= 0.6 is 11.6 Å². The molecule has 1 aliphatic heterocycles. The number of sulfone groups is 1. The summed E-state index contributed by atoms with van der Waals surface area (Å²) < 4.78 is 37.9. The highest BCUT2D eigenvalue weighted by Crippen LogP contribution is 2.39. The first-order chi connectivity index (χ1) is 10.9. The minimum absolute atomic E-state index is 0.00568. The molecule has 1 aromatic heterocycles. The average Bonchev–Trinajstić information content (AvgIpc) is 2.97. The maximum Gasteiger partial charge on any atom is 0.228 e. The molecule has 0 aliphatic carbocycles. The van der Waals surface area contributed by atoms with Crippen molar-refractivity contribution in [2.45, 2.75) is 30.8 Å². The first kappa shape index (κ1) is 16.1. The van der Waals surface area contributed by atoms with Crippen molar-refractivity contribution in [3.63, 3.8) is 0 Å². The monoisotopic (exact) mass is 356 g/mol. The predicted molar refractivity (Wildman–Crippen MR) is 85.9 cm³/mol. The summed E-state index contributed by atoms with van der Waals surface area (Å²) in [5.74, 6) is 0.733. The lowest BCUT2D eigenvalue weighted by Gasteiger charge is -2.20. The summed E-state index contributed by atoms with van der Waals surface area (Å²) in [6, 6.07) is 3.25. The molecule has 0 saturated carbocycles. The topological polar surface area (TPSA) is 70.4 Å². The predicted octanol–water partition coefficient (Wildman–Crippen LogP) is 2.86. The fourth-order valence-corrected chi connectivity index (χ4v) is 4.30. The molecule has 2 heterocycles. The molecule has 1 aliphatic rings. The van der Waals surface area contributed by atoms with Gasteiger partial charge in [0, 0.05) is 18.4 Å². The summed E-state index contributed by atoms with van der Waals surface area (Å²) in [5.41, 5.74) is 0.539. The Kier molecular flexibility index (Phi) is 4.25. The Morgan fingerprint density at radius 2 is 2.04 bits per heavy atom. The Morgan fingerprint density at radius 1 is 1.30 bits per heavy atom. The van der Waals surface area contributed by atoms with Gasteiger partial charge in [0.1, 0.15) is 13.2 Å². The van der Waals surface area contributed by atoms with Crippen LogP contribution in [-0.4, -0.2) is 31.2 Å². The van der Waals surface area contributed by atoms with E-state index < -0.39 is 9.84 Å². The number of ether oxygens (including phenoxy) is 2. The Labute approximate surface area is 139 Å². The molecule has 0 amide bonds. The van der Waals surface area contributed by atoms with Gasteiger partial charge in [0.2, 0.25) is 15.0 Å². The SMILES string of the molecule is CC(C)n1ccnc1S(=O)(=O)Cc1cc(Cl)c2c(c1)OCCO2. The van der Waals surface area contributed by atoms with Gasteiger partial charge in [0.15, 0.2) is 11.5 Å². The minimum Gasteiger partial charge on any atom is -0.486 e. The summed E-state index contributed by atoms with van der Waals surface area (Å²) in [4.78, 5) is 4.00. The van der Waals surface area contributed by atoms with Gasteiger partial charge in [-0.15, -0.1) is 0 Å². The van der Waals surface area contributed by atoms with E-state index in [0.717, 1.165) is 0 Å². The molecule has 3 rings (SSSR count). The Bertz CT molecular complexity index is 830. The quantitative estimate of drug-likeness (QED) is 0.842. The number of fused-ring (bicyclic) bond motifs is 1. The molecule has 0 bridgehead atoms. The smallest absolute Gasteiger partial charge is 0.228 e. The van der Waals surface area contributed by atoms with Crippen LogP contribution in [0.4, 0.5) is 0 Å². The first-order valence-electron chi connectivity index (χ1n) is 7.22. The highest BCUT2D eigenvalue weighted by molar-refractivity contribution is 7.90. The van der Waals surface area contributed by atoms with E-state index in [-0.39, 0.29) is 17.0 Å². The number of aromatic nitrogens is 2. The number of benzene rings is 1. The number of hydrogen-bond acceptors (Lipinski definition) is 5. The second-order valence-corrected chi connectivity index (χ2v) is 7.86. The minimum atomic E-state index is -3.59. The molecule has 1 aromatic carbocycles. The van der Waals surface area contributed by atoms with Gasteiger partial charge < -0.3 is 14.0 Å². The first-order valence-corrected chi connectivity index (χ1v) is 9.25. The third-order valence-corrected chi connectivity index (χ3v) is 5.35. The lowest BCUT2D eigenvalue weighted by Crippen LogP contribution is -2.17. The van der Waals surface area contributed by atoms with Crippen LogP contribution in [0.1, 0.15) is 25.5 Å². The molecule has 0 atom stereocenters. The fourth-order valence-electron chi connectivity index (χ4n) is 2.46. The molecule has 23 heavy (non-hydrogen) atoms. The van der Waals surface area contributed by atoms with Gasteiger partial charge in [-0.1, -0.05) is 11.6 Å². The van der Waals surface area contributed by atoms with Gasteiger partial charge in [0.25, 0.3) is 0 Å². The van der Waals surface area contributed by atoms with Crippen LogP contribution in [0.15, 0.2) is 29.7 Å². The molecule has 0 unspecified atom stereocenters. The van der Waals surface area contributed by atoms with Gasteiger partial charge >= 0.3 is 0 Å². The highest BCUT2D eigenvalue weighted by Gasteiger charge is 2.24. The van der Waals surface area contributed by atoms with Crippen LogP contribution in [0.5, 0.6) is 11.5 Å². The number of halogens is 1. The Hall–Kier alpha value is -1.73. The van der Waals surface area contributed by atoms with Crippen LogP contribution in [0, 0.1) is 0 Å². The number of imidazole rings is 1. The summed E-state index contributed by atoms with van der Waals surface area (Å²) in [7, 11) is -3.59. The van der Waals surface area contributed by atoms with Crippen molar-refractivity contribution in [3.8, 4) is 11.5 Å². The van der Waals surface area contributed by atoms with Crippen LogP contribution in [-0.2, 0) is 15.6 Å². The zero-order valence-corrected chi connectivity index (χ0v) is 14.4. The molecule has 0 fully saturated rings. The average molecular weight is 357 g/mol. The van der Waals surface area contributed by atoms with Crippen molar-refractivity contribution in [2.24, 2.45) is 0 Å². The zero-order chi connectivity index (χ0) is 16.6. The van der Waals surface area contributed by atoms with Crippen molar-refractivity contribution >= 4 is 21.4 Å². The molecule has 0 N–H and O–H groups in total. The van der Waals surface area contributed by atoms with Crippen LogP contribution in [0.2, 0.25) is 5.02 Å². The van der Waals surface area contributed by atoms with Crippen molar-refractivity contribution < 1.29 is 17.9 Å². The van der Waals surface area contributed by atoms with Gasteiger partial charge in [-0.25, -0.2) is 13.4 Å². The normalized spacial score (nSPS) is 14.3. The lowest BCUT2D eigenvalue weighted by atomic mass is 10.2. The van der Waals surface area contributed by atoms with E-state index in [1.165, 1.54) is 6.20 Å².